The number of quaternary nitrogens is 1. The maximum absolute atomic E-state index is 13.4. The lowest BCUT2D eigenvalue weighted by atomic mass is 10.0. The molecular weight excluding hydrogens is 370 g/mol. The second-order valence-corrected chi connectivity index (χ2v) is 8.30. The van der Waals surface area contributed by atoms with Crippen LogP contribution >= 0.6 is 11.3 Å². The predicted octanol–water partition coefficient (Wildman–Crippen LogP) is 3.10. The summed E-state index contributed by atoms with van der Waals surface area (Å²) in [5, 5.41) is 0.732. The first kappa shape index (κ1) is 20.3. The van der Waals surface area contributed by atoms with Gasteiger partial charge in [-0.3, -0.25) is 9.69 Å². The fraction of sp³-hybridized carbons (Fsp3) is 0.364. The molecule has 6 heteroatoms. The smallest absolute Gasteiger partial charge is 0.260 e. The number of rotatable bonds is 7. The van der Waals surface area contributed by atoms with Crippen LogP contribution in [0, 0.1) is 13.8 Å². The molecule has 1 heterocycles. The van der Waals surface area contributed by atoms with Gasteiger partial charge in [-0.05, 0) is 50.6 Å². The van der Waals surface area contributed by atoms with E-state index in [1.165, 1.54) is 16.2 Å². The lowest BCUT2D eigenvalue weighted by Gasteiger charge is -2.21. The summed E-state index contributed by atoms with van der Waals surface area (Å²) < 4.78 is 6.63. The fourth-order valence-corrected chi connectivity index (χ4v) is 4.01. The predicted molar refractivity (Wildman–Crippen MR) is 116 cm³/mol. The van der Waals surface area contributed by atoms with Gasteiger partial charge in [-0.1, -0.05) is 29.0 Å². The van der Waals surface area contributed by atoms with Crippen molar-refractivity contribution in [1.29, 1.82) is 0 Å². The van der Waals surface area contributed by atoms with Crippen molar-refractivity contribution in [3.05, 3.63) is 53.1 Å². The van der Waals surface area contributed by atoms with Gasteiger partial charge in [-0.25, -0.2) is 4.98 Å². The molecule has 1 aromatic heterocycles. The second kappa shape index (κ2) is 8.71. The molecule has 0 fully saturated rings. The number of hydrogen-bond donors (Lipinski definition) is 1. The van der Waals surface area contributed by atoms with E-state index in [1.807, 2.05) is 62.1 Å². The minimum Gasteiger partial charge on any atom is -0.494 e. The standard InChI is InChI=1S/C22H27N3O2S/c1-6-27-17-9-10-19-20(14-17)28-22(23-19)25(12-11-24(4)5)21(26)18-13-15(2)7-8-16(18)3/h7-10,13-14H,6,11-12H2,1-5H3/p+1. The lowest BCUT2D eigenvalue weighted by Crippen LogP contribution is -3.06. The molecule has 0 saturated carbocycles. The molecule has 5 nitrogen and oxygen atoms in total. The van der Waals surface area contributed by atoms with Crippen LogP contribution in [0.1, 0.15) is 28.4 Å². The van der Waals surface area contributed by atoms with Crippen LogP contribution < -0.4 is 14.5 Å². The van der Waals surface area contributed by atoms with Crippen molar-refractivity contribution in [1.82, 2.24) is 4.98 Å². The molecule has 0 unspecified atom stereocenters. The van der Waals surface area contributed by atoms with E-state index in [0.29, 0.717) is 13.2 Å². The number of aromatic nitrogens is 1. The summed E-state index contributed by atoms with van der Waals surface area (Å²) in [7, 11) is 4.18. The monoisotopic (exact) mass is 398 g/mol. The fourth-order valence-electron chi connectivity index (χ4n) is 3.00. The number of benzene rings is 2. The summed E-state index contributed by atoms with van der Waals surface area (Å²) in [5.74, 6) is 0.835. The molecule has 0 saturated heterocycles. The summed E-state index contributed by atoms with van der Waals surface area (Å²) in [6.07, 6.45) is 0. The Morgan fingerprint density at radius 1 is 1.18 bits per heavy atom. The first-order valence-electron chi connectivity index (χ1n) is 9.60. The molecule has 0 atom stereocenters. The average molecular weight is 399 g/mol. The topological polar surface area (TPSA) is 46.9 Å². The Morgan fingerprint density at radius 3 is 2.68 bits per heavy atom. The van der Waals surface area contributed by atoms with Gasteiger partial charge in [-0.15, -0.1) is 0 Å². The van der Waals surface area contributed by atoms with E-state index in [-0.39, 0.29) is 5.91 Å². The number of ether oxygens (including phenoxy) is 1. The highest BCUT2D eigenvalue weighted by Crippen LogP contribution is 2.32. The summed E-state index contributed by atoms with van der Waals surface area (Å²) in [5.41, 5.74) is 3.69. The Morgan fingerprint density at radius 2 is 1.96 bits per heavy atom. The van der Waals surface area contributed by atoms with E-state index in [1.54, 1.807) is 0 Å². The van der Waals surface area contributed by atoms with Crippen molar-refractivity contribution >= 4 is 32.6 Å². The van der Waals surface area contributed by atoms with Gasteiger partial charge in [0.25, 0.3) is 5.91 Å². The van der Waals surface area contributed by atoms with Crippen molar-refractivity contribution in [2.75, 3.05) is 38.7 Å². The zero-order valence-electron chi connectivity index (χ0n) is 17.2. The Balaban J connectivity index is 2.00. The number of carbonyl (C=O) groups is 1. The molecule has 28 heavy (non-hydrogen) atoms. The number of hydrogen-bond acceptors (Lipinski definition) is 4. The minimum absolute atomic E-state index is 0.00605. The highest BCUT2D eigenvalue weighted by Gasteiger charge is 2.23. The third-order valence-corrected chi connectivity index (χ3v) is 5.64. The highest BCUT2D eigenvalue weighted by molar-refractivity contribution is 7.22. The van der Waals surface area contributed by atoms with Crippen LogP contribution in [-0.4, -0.2) is 44.7 Å². The van der Waals surface area contributed by atoms with E-state index >= 15 is 0 Å². The van der Waals surface area contributed by atoms with Crippen LogP contribution in [0.15, 0.2) is 36.4 Å². The van der Waals surface area contributed by atoms with Crippen LogP contribution in [-0.2, 0) is 0 Å². The number of likely N-dealkylation sites (N-methyl/N-ethyl adjacent to an activating group) is 1. The molecule has 0 radical (unpaired) electrons. The summed E-state index contributed by atoms with van der Waals surface area (Å²) in [6.45, 7) is 8.05. The Hall–Kier alpha value is -2.44. The molecule has 3 rings (SSSR count). The molecule has 0 aliphatic rings. The zero-order chi connectivity index (χ0) is 20.3. The third-order valence-electron chi connectivity index (χ3n) is 4.59. The number of nitrogens with one attached hydrogen (secondary N) is 1. The van der Waals surface area contributed by atoms with Crippen LogP contribution in [0.5, 0.6) is 5.75 Å². The number of amides is 1. The third kappa shape index (κ3) is 4.51. The number of aryl methyl sites for hydroxylation is 2. The van der Waals surface area contributed by atoms with E-state index in [0.717, 1.165) is 44.3 Å². The van der Waals surface area contributed by atoms with E-state index in [2.05, 4.69) is 14.1 Å². The molecule has 0 aliphatic carbocycles. The molecule has 3 aromatic rings. The maximum atomic E-state index is 13.4. The van der Waals surface area contributed by atoms with Crippen LogP contribution in [0.25, 0.3) is 10.2 Å². The van der Waals surface area contributed by atoms with Crippen molar-refractivity contribution in [3.8, 4) is 5.75 Å². The van der Waals surface area contributed by atoms with Crippen LogP contribution in [0.3, 0.4) is 0 Å². The summed E-state index contributed by atoms with van der Waals surface area (Å²) >= 11 is 1.53. The summed E-state index contributed by atoms with van der Waals surface area (Å²) in [4.78, 5) is 21.3. The Labute approximate surface area is 170 Å². The van der Waals surface area contributed by atoms with E-state index < -0.39 is 0 Å². The molecule has 1 N–H and O–H groups in total. The zero-order valence-corrected chi connectivity index (χ0v) is 18.0. The van der Waals surface area contributed by atoms with Crippen molar-refractivity contribution in [3.63, 3.8) is 0 Å². The molecule has 1 amide bonds. The Kier molecular flexibility index (Phi) is 6.31. The Bertz CT molecular complexity index is 981. The molecule has 2 aromatic carbocycles. The minimum atomic E-state index is 0.00605. The molecule has 148 valence electrons. The second-order valence-electron chi connectivity index (χ2n) is 7.29. The maximum Gasteiger partial charge on any atom is 0.260 e. The van der Waals surface area contributed by atoms with Gasteiger partial charge in [0.2, 0.25) is 0 Å². The quantitative estimate of drug-likeness (QED) is 0.665. The lowest BCUT2D eigenvalue weighted by molar-refractivity contribution is -0.856. The first-order chi connectivity index (χ1) is 13.4. The summed E-state index contributed by atoms with van der Waals surface area (Å²) in [6, 6.07) is 11.9. The highest BCUT2D eigenvalue weighted by atomic mass is 32.1. The van der Waals surface area contributed by atoms with Crippen molar-refractivity contribution in [2.45, 2.75) is 20.8 Å². The molecule has 0 bridgehead atoms. The largest absolute Gasteiger partial charge is 0.494 e. The van der Waals surface area contributed by atoms with Gasteiger partial charge in [0.15, 0.2) is 5.13 Å². The SMILES string of the molecule is CCOc1ccc2nc(N(CC[NH+](C)C)C(=O)c3cc(C)ccc3C)sc2c1. The van der Waals surface area contributed by atoms with E-state index in [4.69, 9.17) is 9.72 Å². The number of fused-ring (bicyclic) bond motifs is 1. The van der Waals surface area contributed by atoms with E-state index in [9.17, 15) is 4.79 Å². The van der Waals surface area contributed by atoms with Gasteiger partial charge in [0.05, 0.1) is 44.0 Å². The van der Waals surface area contributed by atoms with Crippen molar-refractivity contribution < 1.29 is 14.4 Å². The van der Waals surface area contributed by atoms with Crippen molar-refractivity contribution in [2.24, 2.45) is 0 Å². The van der Waals surface area contributed by atoms with Gasteiger partial charge in [0.1, 0.15) is 5.75 Å². The first-order valence-corrected chi connectivity index (χ1v) is 10.4. The number of thiazole rings is 1. The van der Waals surface area contributed by atoms with Gasteiger partial charge in [0, 0.05) is 5.56 Å². The van der Waals surface area contributed by atoms with Gasteiger partial charge < -0.3 is 9.64 Å². The van der Waals surface area contributed by atoms with Gasteiger partial charge >= 0.3 is 0 Å². The molecule has 0 aliphatic heterocycles. The van der Waals surface area contributed by atoms with Crippen LogP contribution in [0.2, 0.25) is 0 Å². The normalized spacial score (nSPS) is 11.2. The van der Waals surface area contributed by atoms with Crippen LogP contribution in [0.4, 0.5) is 5.13 Å². The number of nitrogens with zero attached hydrogens (tertiary/aromatic N) is 2. The average Bonchev–Trinajstić information content (AvgIpc) is 3.06. The molecular formula is C22H28N3O2S+. The van der Waals surface area contributed by atoms with Gasteiger partial charge in [-0.2, -0.15) is 0 Å². The molecule has 0 spiro atoms. The number of carbonyl (C=O) groups excluding carboxylic acids is 1. The number of anilines is 1.